The predicted octanol–water partition coefficient (Wildman–Crippen LogP) is 4.07. The molecule has 0 unspecified atom stereocenters. The number of benzene rings is 2. The number of rotatable bonds is 2. The first-order valence-electron chi connectivity index (χ1n) is 6.76. The smallest absolute Gasteiger partial charge is 0.276 e. The van der Waals surface area contributed by atoms with E-state index >= 15 is 0 Å². The molecule has 1 heterocycles. The van der Waals surface area contributed by atoms with E-state index in [0.29, 0.717) is 16.5 Å². The van der Waals surface area contributed by atoms with E-state index in [1.807, 2.05) is 0 Å². The molecule has 0 aliphatic carbocycles. The first-order valence-corrected chi connectivity index (χ1v) is 7.14. The van der Waals surface area contributed by atoms with Gasteiger partial charge in [-0.3, -0.25) is 9.48 Å². The molecule has 23 heavy (non-hydrogen) atoms. The van der Waals surface area contributed by atoms with Gasteiger partial charge in [-0.05, 0) is 42.8 Å². The summed E-state index contributed by atoms with van der Waals surface area (Å²) in [4.78, 5) is 12.4. The average molecular weight is 336 g/mol. The molecule has 3 rings (SSSR count). The Bertz CT molecular complexity index is 937. The van der Waals surface area contributed by atoms with Crippen molar-refractivity contribution in [3.63, 3.8) is 0 Å². The fourth-order valence-electron chi connectivity index (χ4n) is 2.33. The molecule has 0 saturated heterocycles. The minimum absolute atomic E-state index is 0.0408. The van der Waals surface area contributed by atoms with Crippen LogP contribution in [0.2, 0.25) is 5.02 Å². The monoisotopic (exact) mass is 335 g/mol. The fraction of sp³-hybridized carbons (Fsp3) is 0.125. The Kier molecular flexibility index (Phi) is 3.77. The SMILES string of the molecule is Cc1cc(Cl)c(NC(=O)c2nn(C)c3ccc(F)cc23)cc1F. The molecule has 1 N–H and O–H groups in total. The molecule has 2 aromatic carbocycles. The van der Waals surface area contributed by atoms with Crippen LogP contribution in [0.3, 0.4) is 0 Å². The van der Waals surface area contributed by atoms with Gasteiger partial charge in [0.1, 0.15) is 11.6 Å². The van der Waals surface area contributed by atoms with Crippen LogP contribution in [0.15, 0.2) is 30.3 Å². The lowest BCUT2D eigenvalue weighted by atomic mass is 10.2. The molecular formula is C16H12ClF2N3O. The van der Waals surface area contributed by atoms with Gasteiger partial charge in [-0.1, -0.05) is 11.6 Å². The molecule has 0 bridgehead atoms. The van der Waals surface area contributed by atoms with Gasteiger partial charge in [0.15, 0.2) is 5.69 Å². The topological polar surface area (TPSA) is 46.9 Å². The highest BCUT2D eigenvalue weighted by atomic mass is 35.5. The van der Waals surface area contributed by atoms with Crippen LogP contribution in [0.25, 0.3) is 10.9 Å². The number of fused-ring (bicyclic) bond motifs is 1. The number of anilines is 1. The van der Waals surface area contributed by atoms with Crippen molar-refractivity contribution in [1.82, 2.24) is 9.78 Å². The third-order valence-corrected chi connectivity index (χ3v) is 3.84. The molecular weight excluding hydrogens is 324 g/mol. The van der Waals surface area contributed by atoms with Crippen molar-refractivity contribution in [2.45, 2.75) is 6.92 Å². The van der Waals surface area contributed by atoms with E-state index in [9.17, 15) is 13.6 Å². The summed E-state index contributed by atoms with van der Waals surface area (Å²) in [6.45, 7) is 1.57. The molecule has 0 aliphatic rings. The third kappa shape index (κ3) is 2.77. The Morgan fingerprint density at radius 3 is 2.74 bits per heavy atom. The summed E-state index contributed by atoms with van der Waals surface area (Å²) in [5.41, 5.74) is 1.16. The van der Waals surface area contributed by atoms with E-state index in [-0.39, 0.29) is 16.4 Å². The second-order valence-electron chi connectivity index (χ2n) is 5.17. The zero-order valence-corrected chi connectivity index (χ0v) is 13.1. The molecule has 118 valence electrons. The van der Waals surface area contributed by atoms with Gasteiger partial charge in [0.25, 0.3) is 5.91 Å². The standard InChI is InChI=1S/C16H12ClF2N3O/c1-8-5-11(17)13(7-12(8)19)20-16(23)15-10-6-9(18)3-4-14(10)22(2)21-15/h3-7H,1-2H3,(H,20,23). The first kappa shape index (κ1) is 15.4. The van der Waals surface area contributed by atoms with Crippen LogP contribution < -0.4 is 5.32 Å². The largest absolute Gasteiger partial charge is 0.319 e. The highest BCUT2D eigenvalue weighted by Crippen LogP contribution is 2.27. The first-order chi connectivity index (χ1) is 10.9. The van der Waals surface area contributed by atoms with E-state index < -0.39 is 17.5 Å². The van der Waals surface area contributed by atoms with E-state index in [0.717, 1.165) is 6.07 Å². The summed E-state index contributed by atoms with van der Waals surface area (Å²) in [7, 11) is 1.65. The Hall–Kier alpha value is -2.47. The van der Waals surface area contributed by atoms with Crippen molar-refractivity contribution < 1.29 is 13.6 Å². The lowest BCUT2D eigenvalue weighted by Crippen LogP contribution is -2.14. The minimum atomic E-state index is -0.591. The number of carbonyl (C=O) groups is 1. The van der Waals surface area contributed by atoms with E-state index in [1.54, 1.807) is 14.0 Å². The van der Waals surface area contributed by atoms with Gasteiger partial charge >= 0.3 is 0 Å². The van der Waals surface area contributed by atoms with Gasteiger partial charge in [-0.15, -0.1) is 0 Å². The second-order valence-corrected chi connectivity index (χ2v) is 5.58. The number of aryl methyl sites for hydroxylation is 2. The number of amides is 1. The Morgan fingerprint density at radius 2 is 2.00 bits per heavy atom. The zero-order valence-electron chi connectivity index (χ0n) is 12.3. The molecule has 0 aliphatic heterocycles. The number of nitrogens with zero attached hydrogens (tertiary/aromatic N) is 2. The van der Waals surface area contributed by atoms with Crippen molar-refractivity contribution >= 4 is 34.1 Å². The van der Waals surface area contributed by atoms with E-state index in [1.165, 1.54) is 28.9 Å². The molecule has 1 amide bonds. The summed E-state index contributed by atoms with van der Waals surface area (Å²) in [5, 5.41) is 7.19. The Labute approximate surface area is 135 Å². The van der Waals surface area contributed by atoms with Crippen LogP contribution in [0.1, 0.15) is 16.1 Å². The van der Waals surface area contributed by atoms with Gasteiger partial charge in [0.2, 0.25) is 0 Å². The van der Waals surface area contributed by atoms with Crippen molar-refractivity contribution in [3.05, 3.63) is 58.2 Å². The zero-order chi connectivity index (χ0) is 16.7. The van der Waals surface area contributed by atoms with Crippen molar-refractivity contribution in [3.8, 4) is 0 Å². The third-order valence-electron chi connectivity index (χ3n) is 3.52. The van der Waals surface area contributed by atoms with Crippen molar-refractivity contribution in [2.24, 2.45) is 7.05 Å². The highest BCUT2D eigenvalue weighted by molar-refractivity contribution is 6.34. The summed E-state index contributed by atoms with van der Waals surface area (Å²) in [5.74, 6) is -1.55. The van der Waals surface area contributed by atoms with E-state index in [4.69, 9.17) is 11.6 Å². The summed E-state index contributed by atoms with van der Waals surface area (Å²) >= 11 is 6.01. The fourth-order valence-corrected chi connectivity index (χ4v) is 2.59. The van der Waals surface area contributed by atoms with Gasteiger partial charge < -0.3 is 5.32 Å². The number of hydrogen-bond acceptors (Lipinski definition) is 2. The van der Waals surface area contributed by atoms with Crippen LogP contribution in [0, 0.1) is 18.6 Å². The molecule has 0 radical (unpaired) electrons. The van der Waals surface area contributed by atoms with Crippen molar-refractivity contribution in [2.75, 3.05) is 5.32 Å². The number of aromatic nitrogens is 2. The van der Waals surface area contributed by atoms with E-state index in [2.05, 4.69) is 10.4 Å². The van der Waals surface area contributed by atoms with Crippen LogP contribution in [0.4, 0.5) is 14.5 Å². The summed E-state index contributed by atoms with van der Waals surface area (Å²) in [6, 6.07) is 6.61. The maximum absolute atomic E-state index is 13.6. The van der Waals surface area contributed by atoms with Crippen LogP contribution in [-0.4, -0.2) is 15.7 Å². The Balaban J connectivity index is 2.02. The molecule has 0 spiro atoms. The van der Waals surface area contributed by atoms with Crippen molar-refractivity contribution in [1.29, 1.82) is 0 Å². The van der Waals surface area contributed by atoms with Gasteiger partial charge in [-0.25, -0.2) is 8.78 Å². The lowest BCUT2D eigenvalue weighted by Gasteiger charge is -2.07. The predicted molar refractivity (Wildman–Crippen MR) is 84.8 cm³/mol. The molecule has 4 nitrogen and oxygen atoms in total. The van der Waals surface area contributed by atoms with Gasteiger partial charge in [0.05, 0.1) is 16.2 Å². The Morgan fingerprint density at radius 1 is 1.26 bits per heavy atom. The number of carbonyl (C=O) groups excluding carboxylic acids is 1. The maximum atomic E-state index is 13.6. The summed E-state index contributed by atoms with van der Waals surface area (Å²) in [6.07, 6.45) is 0. The van der Waals surface area contributed by atoms with Gasteiger partial charge in [-0.2, -0.15) is 5.10 Å². The molecule has 7 heteroatoms. The lowest BCUT2D eigenvalue weighted by molar-refractivity contribution is 0.102. The number of hydrogen-bond donors (Lipinski definition) is 1. The molecule has 0 atom stereocenters. The molecule has 3 aromatic rings. The highest BCUT2D eigenvalue weighted by Gasteiger charge is 2.18. The average Bonchev–Trinajstić information content (AvgIpc) is 2.81. The maximum Gasteiger partial charge on any atom is 0.276 e. The normalized spacial score (nSPS) is 11.0. The van der Waals surface area contributed by atoms with Gasteiger partial charge in [0, 0.05) is 12.4 Å². The summed E-state index contributed by atoms with van der Waals surface area (Å²) < 4.78 is 28.6. The second kappa shape index (κ2) is 5.62. The van der Waals surface area contributed by atoms with Crippen LogP contribution >= 0.6 is 11.6 Å². The molecule has 0 saturated carbocycles. The quantitative estimate of drug-likeness (QED) is 0.767. The van der Waals surface area contributed by atoms with Crippen LogP contribution in [0.5, 0.6) is 0 Å². The number of nitrogens with one attached hydrogen (secondary N) is 1. The minimum Gasteiger partial charge on any atom is -0.319 e. The van der Waals surface area contributed by atoms with Crippen LogP contribution in [-0.2, 0) is 7.05 Å². The molecule has 0 fully saturated rings. The number of halogens is 3. The molecule has 1 aromatic heterocycles.